The summed E-state index contributed by atoms with van der Waals surface area (Å²) in [6, 6.07) is 11.4. The highest BCUT2D eigenvalue weighted by molar-refractivity contribution is 5.80. The van der Waals surface area contributed by atoms with Crippen molar-refractivity contribution in [2.75, 3.05) is 7.11 Å². The lowest BCUT2D eigenvalue weighted by Gasteiger charge is -2.13. The monoisotopic (exact) mass is 407 g/mol. The van der Waals surface area contributed by atoms with Crippen LogP contribution in [0.5, 0.6) is 11.6 Å². The van der Waals surface area contributed by atoms with Crippen molar-refractivity contribution in [3.05, 3.63) is 88.1 Å². The van der Waals surface area contributed by atoms with Crippen molar-refractivity contribution in [3.8, 4) is 17.3 Å². The molecular formula is C22H15F2N3O3. The van der Waals surface area contributed by atoms with Gasteiger partial charge in [-0.15, -0.1) is 0 Å². The highest BCUT2D eigenvalue weighted by Gasteiger charge is 2.18. The molecule has 4 rings (SSSR count). The third kappa shape index (κ3) is 3.28. The van der Waals surface area contributed by atoms with E-state index in [0.29, 0.717) is 11.1 Å². The number of nitrogens with zero attached hydrogens (tertiary/aromatic N) is 3. The van der Waals surface area contributed by atoms with Crippen LogP contribution in [0.15, 0.2) is 59.5 Å². The number of benzene rings is 2. The summed E-state index contributed by atoms with van der Waals surface area (Å²) in [4.78, 5) is 21.4. The van der Waals surface area contributed by atoms with Gasteiger partial charge in [0.25, 0.3) is 11.4 Å². The van der Waals surface area contributed by atoms with E-state index in [1.54, 1.807) is 18.2 Å². The molecule has 0 aliphatic rings. The Morgan fingerprint density at radius 1 is 1.03 bits per heavy atom. The molecule has 0 saturated heterocycles. The molecule has 2 heterocycles. The molecular weight excluding hydrogens is 392 g/mol. The van der Waals surface area contributed by atoms with E-state index in [-0.39, 0.29) is 22.8 Å². The van der Waals surface area contributed by atoms with Crippen LogP contribution >= 0.6 is 0 Å². The molecule has 6 nitrogen and oxygen atoms in total. The van der Waals surface area contributed by atoms with Crippen molar-refractivity contribution < 1.29 is 18.6 Å². The molecule has 0 radical (unpaired) electrons. The number of methoxy groups -OCH3 is 1. The first kappa shape index (κ1) is 19.3. The highest BCUT2D eigenvalue weighted by atomic mass is 19.1. The van der Waals surface area contributed by atoms with Gasteiger partial charge in [0, 0.05) is 11.8 Å². The van der Waals surface area contributed by atoms with Gasteiger partial charge < -0.3 is 9.84 Å². The van der Waals surface area contributed by atoms with Crippen LogP contribution in [-0.2, 0) is 0 Å². The van der Waals surface area contributed by atoms with Gasteiger partial charge in [0.2, 0.25) is 0 Å². The minimum absolute atomic E-state index is 0.0150. The van der Waals surface area contributed by atoms with E-state index in [1.165, 1.54) is 43.7 Å². The molecule has 4 aromatic rings. The predicted molar refractivity (Wildman–Crippen MR) is 109 cm³/mol. The zero-order valence-corrected chi connectivity index (χ0v) is 15.7. The molecule has 0 amide bonds. The smallest absolute Gasteiger partial charge is 0.266 e. The van der Waals surface area contributed by atoms with Crippen LogP contribution in [0.1, 0.15) is 11.4 Å². The minimum Gasteiger partial charge on any atom is -0.503 e. The Hall–Kier alpha value is -4.07. The Labute approximate surface area is 169 Å². The molecule has 0 fully saturated rings. The van der Waals surface area contributed by atoms with Crippen molar-refractivity contribution >= 4 is 23.1 Å². The Morgan fingerprint density at radius 3 is 2.50 bits per heavy atom. The summed E-state index contributed by atoms with van der Waals surface area (Å²) in [7, 11) is 1.36. The van der Waals surface area contributed by atoms with Crippen LogP contribution in [0.3, 0.4) is 0 Å². The van der Waals surface area contributed by atoms with Gasteiger partial charge in [-0.2, -0.15) is 0 Å². The van der Waals surface area contributed by atoms with Gasteiger partial charge in [-0.1, -0.05) is 18.2 Å². The molecule has 1 N–H and O–H groups in total. The number of ether oxygens (including phenoxy) is 1. The summed E-state index contributed by atoms with van der Waals surface area (Å²) in [6.07, 6.45) is 4.26. The van der Waals surface area contributed by atoms with E-state index >= 15 is 0 Å². The highest BCUT2D eigenvalue weighted by Crippen LogP contribution is 2.28. The Bertz CT molecular complexity index is 1330. The predicted octanol–water partition coefficient (Wildman–Crippen LogP) is 3.94. The van der Waals surface area contributed by atoms with E-state index in [0.717, 1.165) is 16.7 Å². The number of aromatic nitrogens is 3. The Kier molecular flexibility index (Phi) is 4.97. The number of aromatic hydroxyl groups is 1. The lowest BCUT2D eigenvalue weighted by atomic mass is 10.2. The van der Waals surface area contributed by atoms with E-state index in [1.807, 2.05) is 0 Å². The number of hydrogen-bond donors (Lipinski definition) is 1. The van der Waals surface area contributed by atoms with Crippen LogP contribution in [-0.4, -0.2) is 26.8 Å². The van der Waals surface area contributed by atoms with E-state index in [4.69, 9.17) is 4.74 Å². The number of fused-ring (bicyclic) bond motifs is 1. The third-order valence-electron chi connectivity index (χ3n) is 4.49. The summed E-state index contributed by atoms with van der Waals surface area (Å²) >= 11 is 0. The van der Waals surface area contributed by atoms with Crippen LogP contribution in [0.2, 0.25) is 0 Å². The standard InChI is InChI=1S/C22H15F2N3O3/c1-30-21-20(28)13(11-12-25-21)9-10-18-26-17-8-3-2-5-14(17)22(29)27(18)19-15(23)6-4-7-16(19)24/h2-12,28H,1H3. The summed E-state index contributed by atoms with van der Waals surface area (Å²) < 4.78 is 34.9. The summed E-state index contributed by atoms with van der Waals surface area (Å²) in [5.74, 6) is -2.03. The number of para-hydroxylation sites is 2. The maximum absolute atomic E-state index is 14.5. The van der Waals surface area contributed by atoms with Crippen LogP contribution < -0.4 is 10.3 Å². The Balaban J connectivity index is 1.99. The maximum atomic E-state index is 14.5. The van der Waals surface area contributed by atoms with Gasteiger partial charge in [0.05, 0.1) is 18.0 Å². The molecule has 0 aliphatic heterocycles. The van der Waals surface area contributed by atoms with E-state index in [2.05, 4.69) is 9.97 Å². The third-order valence-corrected chi connectivity index (χ3v) is 4.49. The normalized spacial score (nSPS) is 11.3. The van der Waals surface area contributed by atoms with Gasteiger partial charge >= 0.3 is 0 Å². The zero-order chi connectivity index (χ0) is 21.3. The van der Waals surface area contributed by atoms with Gasteiger partial charge in [-0.05, 0) is 42.5 Å². The van der Waals surface area contributed by atoms with Crippen LogP contribution in [0.4, 0.5) is 8.78 Å². The lowest BCUT2D eigenvalue weighted by Crippen LogP contribution is -2.24. The number of hydrogen-bond acceptors (Lipinski definition) is 5. The fourth-order valence-electron chi connectivity index (χ4n) is 3.08. The molecule has 0 atom stereocenters. The summed E-state index contributed by atoms with van der Waals surface area (Å²) in [6.45, 7) is 0. The average molecular weight is 407 g/mol. The topological polar surface area (TPSA) is 77.2 Å². The molecule has 0 spiro atoms. The van der Waals surface area contributed by atoms with Gasteiger partial charge in [0.1, 0.15) is 23.1 Å². The Morgan fingerprint density at radius 2 is 1.77 bits per heavy atom. The SMILES string of the molecule is COc1nccc(C=Cc2nc3ccccc3c(=O)n2-c2c(F)cccc2F)c1O. The first-order valence-electron chi connectivity index (χ1n) is 8.87. The summed E-state index contributed by atoms with van der Waals surface area (Å²) in [5.41, 5.74) is -0.464. The maximum Gasteiger partial charge on any atom is 0.266 e. The van der Waals surface area contributed by atoms with Crippen molar-refractivity contribution in [3.63, 3.8) is 0 Å². The summed E-state index contributed by atoms with van der Waals surface area (Å²) in [5, 5.41) is 10.4. The second kappa shape index (κ2) is 7.75. The lowest BCUT2D eigenvalue weighted by molar-refractivity contribution is 0.358. The number of pyridine rings is 1. The van der Waals surface area contributed by atoms with Crippen molar-refractivity contribution in [1.29, 1.82) is 0 Å². The molecule has 150 valence electrons. The number of halogens is 2. The molecule has 8 heteroatoms. The van der Waals surface area contributed by atoms with Gasteiger partial charge in [0.15, 0.2) is 5.75 Å². The number of rotatable bonds is 4. The second-order valence-corrected chi connectivity index (χ2v) is 6.29. The van der Waals surface area contributed by atoms with Crippen molar-refractivity contribution in [2.45, 2.75) is 0 Å². The quantitative estimate of drug-likeness (QED) is 0.555. The minimum atomic E-state index is -0.905. The van der Waals surface area contributed by atoms with Gasteiger partial charge in [-0.3, -0.25) is 9.36 Å². The van der Waals surface area contributed by atoms with Crippen molar-refractivity contribution in [2.24, 2.45) is 0 Å². The van der Waals surface area contributed by atoms with Crippen LogP contribution in [0.25, 0.3) is 28.7 Å². The van der Waals surface area contributed by atoms with E-state index in [9.17, 15) is 18.7 Å². The largest absolute Gasteiger partial charge is 0.503 e. The van der Waals surface area contributed by atoms with Crippen molar-refractivity contribution in [1.82, 2.24) is 14.5 Å². The molecule has 2 aromatic carbocycles. The molecule has 0 aliphatic carbocycles. The second-order valence-electron chi connectivity index (χ2n) is 6.29. The van der Waals surface area contributed by atoms with Crippen LogP contribution in [0, 0.1) is 11.6 Å². The first-order chi connectivity index (χ1) is 14.5. The average Bonchev–Trinajstić information content (AvgIpc) is 2.74. The fraction of sp³-hybridized carbons (Fsp3) is 0.0455. The molecule has 0 saturated carbocycles. The van der Waals surface area contributed by atoms with Gasteiger partial charge in [-0.25, -0.2) is 18.7 Å². The first-order valence-corrected chi connectivity index (χ1v) is 8.87. The zero-order valence-electron chi connectivity index (χ0n) is 15.7. The molecule has 2 aromatic heterocycles. The molecule has 30 heavy (non-hydrogen) atoms. The fourth-order valence-corrected chi connectivity index (χ4v) is 3.08. The molecule has 0 bridgehead atoms. The van der Waals surface area contributed by atoms with E-state index < -0.39 is 22.9 Å². The molecule has 0 unspecified atom stereocenters.